The minimum atomic E-state index is -0.879. The normalized spacial score (nSPS) is 23.1. The van der Waals surface area contributed by atoms with Crippen LogP contribution in [-0.2, 0) is 28.5 Å². The second kappa shape index (κ2) is 11.6. The molecule has 2 fully saturated rings. The van der Waals surface area contributed by atoms with Crippen molar-refractivity contribution in [3.8, 4) is 5.75 Å². The molecule has 2 saturated heterocycles. The Morgan fingerprint density at radius 1 is 1.12 bits per heavy atom. The van der Waals surface area contributed by atoms with Crippen LogP contribution < -0.4 is 10.5 Å². The third-order valence-corrected chi connectivity index (χ3v) is 6.46. The van der Waals surface area contributed by atoms with Crippen molar-refractivity contribution in [3.63, 3.8) is 0 Å². The molecule has 0 saturated carbocycles. The van der Waals surface area contributed by atoms with Gasteiger partial charge >= 0.3 is 11.9 Å². The Morgan fingerprint density at radius 3 is 2.61 bits per heavy atom. The summed E-state index contributed by atoms with van der Waals surface area (Å²) in [5.74, 6) is -1.37. The third kappa shape index (κ3) is 6.48. The summed E-state index contributed by atoms with van der Waals surface area (Å²) in [5, 5.41) is 10.4. The smallest absolute Gasteiger partial charge is 0.311 e. The van der Waals surface area contributed by atoms with Crippen LogP contribution in [0.1, 0.15) is 44.9 Å². The minimum absolute atomic E-state index is 0.00479. The van der Waals surface area contributed by atoms with Gasteiger partial charge in [0.15, 0.2) is 23.5 Å². The number of benzene rings is 1. The Hall–Kier alpha value is -4.47. The van der Waals surface area contributed by atoms with Crippen LogP contribution >= 0.6 is 0 Å². The van der Waals surface area contributed by atoms with Gasteiger partial charge in [0, 0.05) is 18.9 Å². The highest BCUT2D eigenvalue weighted by Crippen LogP contribution is 2.43. The molecule has 5 rings (SSSR count). The summed E-state index contributed by atoms with van der Waals surface area (Å²) >= 11 is 0. The molecule has 4 atom stereocenters. The highest BCUT2D eigenvalue weighted by Gasteiger charge is 2.56. The average molecular weight is 569 g/mol. The van der Waals surface area contributed by atoms with Gasteiger partial charge in [0.25, 0.3) is 0 Å². The van der Waals surface area contributed by atoms with E-state index in [-0.39, 0.29) is 31.7 Å². The number of nitro groups is 1. The lowest BCUT2D eigenvalue weighted by Crippen LogP contribution is -2.33. The summed E-state index contributed by atoms with van der Waals surface area (Å²) in [6.45, 7) is 3.50. The van der Waals surface area contributed by atoms with E-state index in [0.29, 0.717) is 22.5 Å². The van der Waals surface area contributed by atoms with Crippen molar-refractivity contribution in [1.82, 2.24) is 19.5 Å². The van der Waals surface area contributed by atoms with E-state index in [0.717, 1.165) is 6.20 Å². The molecule has 2 aliphatic rings. The maximum absolute atomic E-state index is 12.4. The Morgan fingerprint density at radius 2 is 1.85 bits per heavy atom. The van der Waals surface area contributed by atoms with Gasteiger partial charge in [-0.15, -0.1) is 0 Å². The lowest BCUT2D eigenvalue weighted by molar-refractivity contribution is -0.400. The van der Waals surface area contributed by atoms with Crippen molar-refractivity contribution in [2.45, 2.75) is 63.4 Å². The fourth-order valence-corrected chi connectivity index (χ4v) is 4.67. The van der Waals surface area contributed by atoms with E-state index in [2.05, 4.69) is 15.0 Å². The van der Waals surface area contributed by atoms with Crippen LogP contribution in [0.5, 0.6) is 5.75 Å². The first-order chi connectivity index (χ1) is 19.6. The highest BCUT2D eigenvalue weighted by molar-refractivity contribution is 5.81. The molecular weight excluding hydrogens is 540 g/mol. The van der Waals surface area contributed by atoms with Gasteiger partial charge in [-0.2, -0.15) is 0 Å². The van der Waals surface area contributed by atoms with E-state index in [1.807, 2.05) is 0 Å². The molecule has 41 heavy (non-hydrogen) atoms. The maximum Gasteiger partial charge on any atom is 0.311 e. The number of nitrogen functional groups attached to an aromatic ring is 1. The van der Waals surface area contributed by atoms with Gasteiger partial charge in [0.2, 0.25) is 6.20 Å². The molecule has 3 aromatic rings. The third-order valence-electron chi connectivity index (χ3n) is 6.46. The van der Waals surface area contributed by atoms with Gasteiger partial charge in [-0.05, 0) is 38.0 Å². The zero-order valence-electron chi connectivity index (χ0n) is 22.2. The number of esters is 2. The van der Waals surface area contributed by atoms with Crippen LogP contribution in [0.25, 0.3) is 17.2 Å². The molecule has 15 heteroatoms. The first-order valence-corrected chi connectivity index (χ1v) is 12.8. The Balaban J connectivity index is 1.11. The van der Waals surface area contributed by atoms with Crippen LogP contribution in [0.4, 0.5) is 5.82 Å². The van der Waals surface area contributed by atoms with E-state index < -0.39 is 47.2 Å². The lowest BCUT2D eigenvalue weighted by atomic mass is 10.1. The first kappa shape index (κ1) is 28.1. The number of aromatic nitrogens is 4. The number of carbonyl (C=O) groups excluding carboxylic acids is 2. The summed E-state index contributed by atoms with van der Waals surface area (Å²) in [4.78, 5) is 46.9. The summed E-state index contributed by atoms with van der Waals surface area (Å²) in [5.41, 5.74) is 7.41. The molecule has 216 valence electrons. The highest BCUT2D eigenvalue weighted by atomic mass is 16.8. The molecule has 0 spiro atoms. The molecule has 15 nitrogen and oxygen atoms in total. The Kier molecular flexibility index (Phi) is 7.92. The number of hydrogen-bond donors (Lipinski definition) is 1. The quantitative estimate of drug-likeness (QED) is 0.162. The SMILES string of the molecule is CC1(C)O[C@@H]2[C@H](O1)[C@@H](COC(=O)CCCC(=O)Oc1ccc(/C=C/[N+](=O)[O-])cc1)O[C@@H]2n1cnc2c(N)ncnc21. The van der Waals surface area contributed by atoms with Gasteiger partial charge in [-0.3, -0.25) is 24.3 Å². The standard InChI is InChI=1S/C26H28N6O9/c1-26(2)40-21-17(39-25(22(21)41-26)31-14-30-20-23(27)28-13-29-24(20)31)12-37-18(33)4-3-5-19(34)38-16-8-6-15(7-9-16)10-11-32(35)36/h6-11,13-14,17,21-22,25H,3-5,12H2,1-2H3,(H2,27,28,29)/b11-10+/t17-,21-,22-,25+/m1/s1. The molecule has 0 unspecified atom stereocenters. The zero-order valence-corrected chi connectivity index (χ0v) is 22.2. The van der Waals surface area contributed by atoms with Crippen molar-refractivity contribution < 1.29 is 38.2 Å². The predicted molar refractivity (Wildman–Crippen MR) is 140 cm³/mol. The number of ether oxygens (including phenoxy) is 5. The number of anilines is 1. The number of imidazole rings is 1. The minimum Gasteiger partial charge on any atom is -0.463 e. The first-order valence-electron chi connectivity index (χ1n) is 12.8. The molecule has 2 aromatic heterocycles. The fourth-order valence-electron chi connectivity index (χ4n) is 4.67. The molecule has 0 aliphatic carbocycles. The molecule has 0 amide bonds. The topological polar surface area (TPSA) is 193 Å². The van der Waals surface area contributed by atoms with Gasteiger partial charge in [0.05, 0.1) is 11.3 Å². The summed E-state index contributed by atoms with van der Waals surface area (Å²) < 4.78 is 30.7. The molecule has 0 bridgehead atoms. The molecule has 1 aromatic carbocycles. The fraction of sp³-hybridized carbons (Fsp3) is 0.423. The Bertz CT molecular complexity index is 1470. The van der Waals surface area contributed by atoms with Crippen LogP contribution in [0, 0.1) is 10.1 Å². The summed E-state index contributed by atoms with van der Waals surface area (Å²) in [6, 6.07) is 6.22. The van der Waals surface area contributed by atoms with E-state index in [4.69, 9.17) is 29.4 Å². The molecule has 0 radical (unpaired) electrons. The van der Waals surface area contributed by atoms with Crippen LogP contribution in [0.15, 0.2) is 43.1 Å². The second-order valence-electron chi connectivity index (χ2n) is 9.89. The number of fused-ring (bicyclic) bond motifs is 2. The molecule has 4 heterocycles. The summed E-state index contributed by atoms with van der Waals surface area (Å²) in [7, 11) is 0. The van der Waals surface area contributed by atoms with Crippen molar-refractivity contribution in [2.24, 2.45) is 0 Å². The molecule has 2 aliphatic heterocycles. The number of hydrogen-bond acceptors (Lipinski definition) is 13. The molecule has 2 N–H and O–H groups in total. The largest absolute Gasteiger partial charge is 0.463 e. The van der Waals surface area contributed by atoms with Crippen molar-refractivity contribution in [2.75, 3.05) is 12.3 Å². The number of nitrogens with zero attached hydrogens (tertiary/aromatic N) is 5. The zero-order chi connectivity index (χ0) is 29.1. The number of rotatable bonds is 10. The van der Waals surface area contributed by atoms with Crippen LogP contribution in [-0.4, -0.2) is 67.1 Å². The molecular formula is C26H28N6O9. The number of carbonyl (C=O) groups is 2. The maximum atomic E-state index is 12.4. The van der Waals surface area contributed by atoms with Crippen LogP contribution in [0.3, 0.4) is 0 Å². The van der Waals surface area contributed by atoms with E-state index >= 15 is 0 Å². The number of nitrogens with two attached hydrogens (primary N) is 1. The van der Waals surface area contributed by atoms with Crippen molar-refractivity contribution in [1.29, 1.82) is 0 Å². The van der Waals surface area contributed by atoms with E-state index in [9.17, 15) is 19.7 Å². The van der Waals surface area contributed by atoms with E-state index in [1.54, 1.807) is 36.9 Å². The monoisotopic (exact) mass is 568 g/mol. The van der Waals surface area contributed by atoms with Gasteiger partial charge in [0.1, 0.15) is 42.5 Å². The van der Waals surface area contributed by atoms with Gasteiger partial charge in [-0.25, -0.2) is 15.0 Å². The lowest BCUT2D eigenvalue weighted by Gasteiger charge is -2.24. The van der Waals surface area contributed by atoms with Crippen LogP contribution in [0.2, 0.25) is 0 Å². The Labute approximate surface area is 233 Å². The van der Waals surface area contributed by atoms with Crippen molar-refractivity contribution >= 4 is 35.0 Å². The predicted octanol–water partition coefficient (Wildman–Crippen LogP) is 2.39. The second-order valence-corrected chi connectivity index (χ2v) is 9.89. The van der Waals surface area contributed by atoms with Gasteiger partial charge in [-0.1, -0.05) is 12.1 Å². The van der Waals surface area contributed by atoms with Gasteiger partial charge < -0.3 is 29.4 Å². The van der Waals surface area contributed by atoms with E-state index in [1.165, 1.54) is 24.5 Å². The average Bonchev–Trinajstić information content (AvgIpc) is 3.58. The summed E-state index contributed by atoms with van der Waals surface area (Å²) in [6.07, 6.45) is 2.92. The van der Waals surface area contributed by atoms with Crippen molar-refractivity contribution in [3.05, 3.63) is 58.8 Å².